The molecule has 25 heavy (non-hydrogen) atoms. The van der Waals surface area contributed by atoms with Crippen LogP contribution >= 0.6 is 0 Å². The Morgan fingerprint density at radius 2 is 2.12 bits per heavy atom. The molecule has 2 fully saturated rings. The molecule has 0 amide bonds. The first-order valence-corrected chi connectivity index (χ1v) is 8.56. The molecule has 1 atom stereocenters. The van der Waals surface area contributed by atoms with Gasteiger partial charge in [0.2, 0.25) is 0 Å². The van der Waals surface area contributed by atoms with Crippen molar-refractivity contribution in [3.8, 4) is 0 Å². The lowest BCUT2D eigenvalue weighted by Gasteiger charge is -2.19. The van der Waals surface area contributed by atoms with E-state index in [2.05, 4.69) is 20.2 Å². The fourth-order valence-electron chi connectivity index (χ4n) is 3.14. The Bertz CT molecular complexity index is 790. The summed E-state index contributed by atoms with van der Waals surface area (Å²) in [6, 6.07) is 5.41. The molecule has 1 N–H and O–H groups in total. The van der Waals surface area contributed by atoms with Gasteiger partial charge < -0.3 is 10.2 Å². The summed E-state index contributed by atoms with van der Waals surface area (Å²) in [6.07, 6.45) is 4.64. The van der Waals surface area contributed by atoms with Crippen molar-refractivity contribution in [1.82, 2.24) is 15.0 Å². The summed E-state index contributed by atoms with van der Waals surface area (Å²) >= 11 is 0. The fraction of sp³-hybridized carbons (Fsp3) is 0.471. The first kappa shape index (κ1) is 15.7. The van der Waals surface area contributed by atoms with E-state index in [4.69, 9.17) is 4.98 Å². The van der Waals surface area contributed by atoms with Crippen LogP contribution in [-0.2, 0) is 0 Å². The van der Waals surface area contributed by atoms with Gasteiger partial charge in [0.05, 0.1) is 4.92 Å². The Morgan fingerprint density at radius 3 is 2.80 bits per heavy atom. The Labute approximate surface area is 145 Å². The van der Waals surface area contributed by atoms with Crippen LogP contribution in [0.15, 0.2) is 24.4 Å². The molecule has 3 heterocycles. The summed E-state index contributed by atoms with van der Waals surface area (Å²) in [5.41, 5.74) is 1.02. The highest BCUT2D eigenvalue weighted by Crippen LogP contribution is 2.38. The summed E-state index contributed by atoms with van der Waals surface area (Å²) in [4.78, 5) is 25.9. The predicted octanol–water partition coefficient (Wildman–Crippen LogP) is 2.66. The molecule has 0 unspecified atom stereocenters. The minimum Gasteiger partial charge on any atom is -0.365 e. The number of anilines is 2. The minimum absolute atomic E-state index is 0.00247. The average molecular weight is 340 g/mol. The third-order valence-corrected chi connectivity index (χ3v) is 4.62. The highest BCUT2D eigenvalue weighted by atomic mass is 16.6. The van der Waals surface area contributed by atoms with Crippen LogP contribution in [0.5, 0.6) is 0 Å². The normalized spacial score (nSPS) is 19.9. The summed E-state index contributed by atoms with van der Waals surface area (Å²) in [5, 5.41) is 14.0. The van der Waals surface area contributed by atoms with Crippen LogP contribution < -0.4 is 10.2 Å². The SMILES string of the molecule is Cc1cc(N2CC[C@H](Nc3ccc([N+](=O)[O-])cn3)C2)nc(C2CC2)n1. The van der Waals surface area contributed by atoms with Crippen molar-refractivity contribution < 1.29 is 4.92 Å². The number of hydrogen-bond donors (Lipinski definition) is 1. The fourth-order valence-corrected chi connectivity index (χ4v) is 3.14. The number of nitrogens with zero attached hydrogens (tertiary/aromatic N) is 5. The molecule has 0 spiro atoms. The van der Waals surface area contributed by atoms with Gasteiger partial charge in [-0.1, -0.05) is 0 Å². The van der Waals surface area contributed by atoms with Crippen LogP contribution in [0.2, 0.25) is 0 Å². The van der Waals surface area contributed by atoms with Crippen molar-refractivity contribution >= 4 is 17.3 Å². The van der Waals surface area contributed by atoms with Gasteiger partial charge >= 0.3 is 0 Å². The predicted molar refractivity (Wildman–Crippen MR) is 93.9 cm³/mol. The lowest BCUT2D eigenvalue weighted by molar-refractivity contribution is -0.385. The van der Waals surface area contributed by atoms with Crippen LogP contribution in [-0.4, -0.2) is 39.0 Å². The molecule has 130 valence electrons. The zero-order chi connectivity index (χ0) is 17.4. The number of aryl methyl sites for hydroxylation is 1. The monoisotopic (exact) mass is 340 g/mol. The summed E-state index contributed by atoms with van der Waals surface area (Å²) in [7, 11) is 0. The average Bonchev–Trinajstić information content (AvgIpc) is 3.34. The second kappa shape index (κ2) is 6.27. The van der Waals surface area contributed by atoms with Gasteiger partial charge in [-0.15, -0.1) is 0 Å². The quantitative estimate of drug-likeness (QED) is 0.660. The molecule has 0 aromatic carbocycles. The highest BCUT2D eigenvalue weighted by Gasteiger charge is 2.29. The van der Waals surface area contributed by atoms with Gasteiger partial charge in [-0.2, -0.15) is 0 Å². The van der Waals surface area contributed by atoms with Gasteiger partial charge in [-0.3, -0.25) is 10.1 Å². The van der Waals surface area contributed by atoms with E-state index in [-0.39, 0.29) is 11.7 Å². The molecule has 1 aliphatic heterocycles. The molecule has 8 nitrogen and oxygen atoms in total. The van der Waals surface area contributed by atoms with Crippen molar-refractivity contribution in [3.63, 3.8) is 0 Å². The smallest absolute Gasteiger partial charge is 0.287 e. The van der Waals surface area contributed by atoms with Crippen molar-refractivity contribution in [2.75, 3.05) is 23.3 Å². The van der Waals surface area contributed by atoms with Crippen molar-refractivity contribution in [2.24, 2.45) is 0 Å². The van der Waals surface area contributed by atoms with E-state index in [1.807, 2.05) is 13.0 Å². The maximum absolute atomic E-state index is 10.7. The van der Waals surface area contributed by atoms with Gasteiger partial charge in [0.25, 0.3) is 5.69 Å². The molecule has 4 rings (SSSR count). The van der Waals surface area contributed by atoms with E-state index in [1.165, 1.54) is 25.1 Å². The number of hydrogen-bond acceptors (Lipinski definition) is 7. The Hall–Kier alpha value is -2.77. The van der Waals surface area contributed by atoms with Crippen molar-refractivity contribution in [3.05, 3.63) is 46.0 Å². The molecule has 8 heteroatoms. The van der Waals surface area contributed by atoms with E-state index < -0.39 is 4.92 Å². The maximum atomic E-state index is 10.7. The standard InChI is InChI=1S/C17H20N6O2/c1-11-8-16(21-17(19-11)12-2-3-12)22-7-6-13(10-22)20-15-5-4-14(9-18-15)23(24)25/h4-5,8-9,12-13H,2-3,6-7,10H2,1H3,(H,18,20)/t13-/m0/s1. The molecule has 2 aromatic heterocycles. The molecular formula is C17H20N6O2. The van der Waals surface area contributed by atoms with E-state index >= 15 is 0 Å². The first-order valence-electron chi connectivity index (χ1n) is 8.56. The van der Waals surface area contributed by atoms with E-state index in [0.29, 0.717) is 11.7 Å². The highest BCUT2D eigenvalue weighted by molar-refractivity contribution is 5.45. The van der Waals surface area contributed by atoms with E-state index in [9.17, 15) is 10.1 Å². The largest absolute Gasteiger partial charge is 0.365 e. The van der Waals surface area contributed by atoms with E-state index in [0.717, 1.165) is 36.8 Å². The second-order valence-corrected chi connectivity index (χ2v) is 6.73. The number of aromatic nitrogens is 3. The van der Waals surface area contributed by atoms with Crippen molar-refractivity contribution in [1.29, 1.82) is 0 Å². The third-order valence-electron chi connectivity index (χ3n) is 4.62. The minimum atomic E-state index is -0.441. The first-order chi connectivity index (χ1) is 12.1. The topological polar surface area (TPSA) is 97.1 Å². The molecule has 2 aliphatic rings. The molecule has 1 saturated heterocycles. The van der Waals surface area contributed by atoms with Crippen LogP contribution in [0.3, 0.4) is 0 Å². The third kappa shape index (κ3) is 3.52. The Morgan fingerprint density at radius 1 is 1.28 bits per heavy atom. The van der Waals surface area contributed by atoms with Gasteiger partial charge in [-0.05, 0) is 32.3 Å². The second-order valence-electron chi connectivity index (χ2n) is 6.73. The summed E-state index contributed by atoms with van der Waals surface area (Å²) < 4.78 is 0. The molecule has 1 saturated carbocycles. The van der Waals surface area contributed by atoms with Gasteiger partial charge in [-0.25, -0.2) is 15.0 Å². The number of rotatable bonds is 5. The van der Waals surface area contributed by atoms with Crippen LogP contribution in [0, 0.1) is 17.0 Å². The van der Waals surface area contributed by atoms with Crippen molar-refractivity contribution in [2.45, 2.75) is 38.1 Å². The lowest BCUT2D eigenvalue weighted by Crippen LogP contribution is -2.27. The zero-order valence-electron chi connectivity index (χ0n) is 14.1. The Balaban J connectivity index is 1.42. The lowest BCUT2D eigenvalue weighted by atomic mass is 10.2. The zero-order valence-corrected chi connectivity index (χ0v) is 14.1. The van der Waals surface area contributed by atoms with Crippen LogP contribution in [0.4, 0.5) is 17.3 Å². The molecular weight excluding hydrogens is 320 g/mol. The molecule has 1 aliphatic carbocycles. The number of pyridine rings is 1. The molecule has 0 bridgehead atoms. The van der Waals surface area contributed by atoms with E-state index in [1.54, 1.807) is 6.07 Å². The summed E-state index contributed by atoms with van der Waals surface area (Å²) in [6.45, 7) is 3.77. The maximum Gasteiger partial charge on any atom is 0.287 e. The summed E-state index contributed by atoms with van der Waals surface area (Å²) in [5.74, 6) is 3.17. The van der Waals surface area contributed by atoms with Gasteiger partial charge in [0.15, 0.2) is 0 Å². The van der Waals surface area contributed by atoms with Crippen LogP contribution in [0.1, 0.15) is 36.7 Å². The Kier molecular flexibility index (Phi) is 3.95. The van der Waals surface area contributed by atoms with Crippen LogP contribution in [0.25, 0.3) is 0 Å². The molecule has 0 radical (unpaired) electrons. The molecule has 2 aromatic rings. The van der Waals surface area contributed by atoms with Gasteiger partial charge in [0.1, 0.15) is 23.7 Å². The number of nitro groups is 1. The van der Waals surface area contributed by atoms with Gasteiger partial charge in [0, 0.05) is 42.9 Å². The number of nitrogens with one attached hydrogen (secondary N) is 1.